The van der Waals surface area contributed by atoms with Gasteiger partial charge in [-0.05, 0) is 43.4 Å². The second-order valence-electron chi connectivity index (χ2n) is 4.78. The van der Waals surface area contributed by atoms with Gasteiger partial charge in [0.2, 0.25) is 0 Å². The van der Waals surface area contributed by atoms with Crippen molar-refractivity contribution >= 4 is 11.7 Å². The molecule has 0 radical (unpaired) electrons. The Morgan fingerprint density at radius 2 is 2.28 bits per heavy atom. The zero-order valence-corrected chi connectivity index (χ0v) is 10.2. The highest BCUT2D eigenvalue weighted by molar-refractivity contribution is 5.89. The minimum atomic E-state index is -0.366. The van der Waals surface area contributed by atoms with E-state index in [1.807, 2.05) is 0 Å². The smallest absolute Gasteiger partial charge is 0.319 e. The molecule has 1 saturated carbocycles. The Bertz CT molecular complexity index is 424. The fourth-order valence-corrected chi connectivity index (χ4v) is 2.28. The Morgan fingerprint density at radius 3 is 2.94 bits per heavy atom. The number of nitrogens with two attached hydrogens (primary N) is 1. The Morgan fingerprint density at radius 1 is 1.44 bits per heavy atom. The van der Waals surface area contributed by atoms with Crippen molar-refractivity contribution < 1.29 is 9.18 Å². The van der Waals surface area contributed by atoms with Gasteiger partial charge in [-0.3, -0.25) is 0 Å². The first kappa shape index (κ1) is 12.8. The molecule has 18 heavy (non-hydrogen) atoms. The first-order chi connectivity index (χ1) is 8.63. The van der Waals surface area contributed by atoms with E-state index in [4.69, 9.17) is 5.73 Å². The predicted molar refractivity (Wildman–Crippen MR) is 68.7 cm³/mol. The lowest BCUT2D eigenvalue weighted by molar-refractivity contribution is 0.250. The van der Waals surface area contributed by atoms with Crippen molar-refractivity contribution in [1.29, 1.82) is 0 Å². The molecule has 1 aromatic rings. The van der Waals surface area contributed by atoms with Crippen molar-refractivity contribution in [3.63, 3.8) is 0 Å². The van der Waals surface area contributed by atoms with Crippen LogP contribution in [0.1, 0.15) is 19.3 Å². The predicted octanol–water partition coefficient (Wildman–Crippen LogP) is 2.07. The molecule has 2 unspecified atom stereocenters. The van der Waals surface area contributed by atoms with Gasteiger partial charge in [0.05, 0.1) is 0 Å². The molecule has 1 fully saturated rings. The van der Waals surface area contributed by atoms with Crippen LogP contribution in [-0.4, -0.2) is 18.6 Å². The number of urea groups is 1. The molecule has 1 aliphatic rings. The molecule has 0 aromatic heterocycles. The van der Waals surface area contributed by atoms with E-state index < -0.39 is 0 Å². The fourth-order valence-electron chi connectivity index (χ4n) is 2.28. The second-order valence-corrected chi connectivity index (χ2v) is 4.78. The van der Waals surface area contributed by atoms with E-state index >= 15 is 0 Å². The van der Waals surface area contributed by atoms with Crippen molar-refractivity contribution in [2.45, 2.75) is 25.3 Å². The minimum Gasteiger partial charge on any atom is -0.338 e. The number of rotatable bonds is 3. The van der Waals surface area contributed by atoms with Crippen LogP contribution in [-0.2, 0) is 0 Å². The standard InChI is InChI=1S/C13H18FN3O/c14-10-2-1-3-12(7-10)17-13(18)16-8-9-4-5-11(15)6-9/h1-3,7,9,11H,4-6,8,15H2,(H2,16,17,18). The molecule has 4 nitrogen and oxygen atoms in total. The highest BCUT2D eigenvalue weighted by atomic mass is 19.1. The largest absolute Gasteiger partial charge is 0.338 e. The van der Waals surface area contributed by atoms with E-state index in [0.29, 0.717) is 18.2 Å². The summed E-state index contributed by atoms with van der Waals surface area (Å²) in [6.07, 6.45) is 3.04. The maximum absolute atomic E-state index is 12.9. The molecule has 2 atom stereocenters. The molecule has 2 amide bonds. The van der Waals surface area contributed by atoms with Crippen LogP contribution in [0.5, 0.6) is 0 Å². The third-order valence-corrected chi connectivity index (χ3v) is 3.22. The van der Waals surface area contributed by atoms with Crippen LogP contribution in [0.25, 0.3) is 0 Å². The molecule has 98 valence electrons. The van der Waals surface area contributed by atoms with Crippen molar-refractivity contribution in [2.75, 3.05) is 11.9 Å². The number of halogens is 1. The summed E-state index contributed by atoms with van der Waals surface area (Å²) in [4.78, 5) is 11.6. The van der Waals surface area contributed by atoms with Gasteiger partial charge in [0.25, 0.3) is 0 Å². The van der Waals surface area contributed by atoms with Gasteiger partial charge < -0.3 is 16.4 Å². The van der Waals surface area contributed by atoms with Crippen LogP contribution in [0.3, 0.4) is 0 Å². The van der Waals surface area contributed by atoms with Gasteiger partial charge in [-0.2, -0.15) is 0 Å². The van der Waals surface area contributed by atoms with Gasteiger partial charge in [0, 0.05) is 18.3 Å². The molecule has 0 saturated heterocycles. The lowest BCUT2D eigenvalue weighted by Crippen LogP contribution is -2.32. The quantitative estimate of drug-likeness (QED) is 0.770. The number of benzene rings is 1. The highest BCUT2D eigenvalue weighted by Crippen LogP contribution is 2.23. The van der Waals surface area contributed by atoms with Crippen LogP contribution < -0.4 is 16.4 Å². The van der Waals surface area contributed by atoms with Crippen molar-refractivity contribution in [3.8, 4) is 0 Å². The van der Waals surface area contributed by atoms with E-state index in [2.05, 4.69) is 10.6 Å². The molecule has 5 heteroatoms. The Kier molecular flexibility index (Phi) is 4.15. The summed E-state index contributed by atoms with van der Waals surface area (Å²) < 4.78 is 12.9. The van der Waals surface area contributed by atoms with Crippen LogP contribution in [0.2, 0.25) is 0 Å². The van der Waals surface area contributed by atoms with E-state index in [-0.39, 0.29) is 17.9 Å². The molecule has 0 heterocycles. The molecular weight excluding hydrogens is 233 g/mol. The average Bonchev–Trinajstić information content (AvgIpc) is 2.73. The lowest BCUT2D eigenvalue weighted by Gasteiger charge is -2.12. The average molecular weight is 251 g/mol. The maximum atomic E-state index is 12.9. The molecule has 4 N–H and O–H groups in total. The Labute approximate surface area is 106 Å². The zero-order valence-electron chi connectivity index (χ0n) is 10.2. The summed E-state index contributed by atoms with van der Waals surface area (Å²) in [5.74, 6) is 0.0906. The molecule has 0 spiro atoms. The molecule has 2 rings (SSSR count). The number of carbonyl (C=O) groups is 1. The molecular formula is C13H18FN3O. The second kappa shape index (κ2) is 5.82. The van der Waals surface area contributed by atoms with E-state index in [1.54, 1.807) is 12.1 Å². The highest BCUT2D eigenvalue weighted by Gasteiger charge is 2.21. The van der Waals surface area contributed by atoms with Crippen LogP contribution in [0, 0.1) is 11.7 Å². The number of carbonyl (C=O) groups excluding carboxylic acids is 1. The summed E-state index contributed by atoms with van der Waals surface area (Å²) in [7, 11) is 0. The van der Waals surface area contributed by atoms with Gasteiger partial charge in [0.1, 0.15) is 5.82 Å². The number of anilines is 1. The van der Waals surface area contributed by atoms with Crippen molar-refractivity contribution in [1.82, 2.24) is 5.32 Å². The molecule has 1 aromatic carbocycles. The SMILES string of the molecule is NC1CCC(CNC(=O)Nc2cccc(F)c2)C1. The molecule has 1 aliphatic carbocycles. The third-order valence-electron chi connectivity index (χ3n) is 3.22. The van der Waals surface area contributed by atoms with Crippen LogP contribution >= 0.6 is 0 Å². The third kappa shape index (κ3) is 3.70. The van der Waals surface area contributed by atoms with Crippen molar-refractivity contribution in [2.24, 2.45) is 11.7 Å². The number of hydrogen-bond acceptors (Lipinski definition) is 2. The van der Waals surface area contributed by atoms with Crippen molar-refractivity contribution in [3.05, 3.63) is 30.1 Å². The van der Waals surface area contributed by atoms with Gasteiger partial charge in [-0.15, -0.1) is 0 Å². The monoisotopic (exact) mass is 251 g/mol. The number of hydrogen-bond donors (Lipinski definition) is 3. The van der Waals surface area contributed by atoms with Gasteiger partial charge in [-0.25, -0.2) is 9.18 Å². The summed E-state index contributed by atoms with van der Waals surface area (Å²) >= 11 is 0. The fraction of sp³-hybridized carbons (Fsp3) is 0.462. The van der Waals surface area contributed by atoms with E-state index in [0.717, 1.165) is 19.3 Å². The molecule has 0 bridgehead atoms. The summed E-state index contributed by atoms with van der Waals surface area (Å²) in [5.41, 5.74) is 6.26. The zero-order chi connectivity index (χ0) is 13.0. The van der Waals surface area contributed by atoms with E-state index in [1.165, 1.54) is 12.1 Å². The normalized spacial score (nSPS) is 22.8. The number of nitrogens with one attached hydrogen (secondary N) is 2. The summed E-state index contributed by atoms with van der Waals surface area (Å²) in [6.45, 7) is 0.620. The Hall–Kier alpha value is -1.62. The van der Waals surface area contributed by atoms with Crippen LogP contribution in [0.4, 0.5) is 14.9 Å². The first-order valence-electron chi connectivity index (χ1n) is 6.19. The van der Waals surface area contributed by atoms with Gasteiger partial charge in [-0.1, -0.05) is 6.07 Å². The minimum absolute atomic E-state index is 0.267. The van der Waals surface area contributed by atoms with Gasteiger partial charge >= 0.3 is 6.03 Å². The summed E-state index contributed by atoms with van der Waals surface area (Å²) in [6, 6.07) is 5.78. The van der Waals surface area contributed by atoms with E-state index in [9.17, 15) is 9.18 Å². The maximum Gasteiger partial charge on any atom is 0.319 e. The first-order valence-corrected chi connectivity index (χ1v) is 6.19. The number of amides is 2. The van der Waals surface area contributed by atoms with Crippen LogP contribution in [0.15, 0.2) is 24.3 Å². The topological polar surface area (TPSA) is 67.1 Å². The molecule has 0 aliphatic heterocycles. The van der Waals surface area contributed by atoms with Gasteiger partial charge in [0.15, 0.2) is 0 Å². The Balaban J connectivity index is 1.75. The summed E-state index contributed by atoms with van der Waals surface area (Å²) in [5, 5.41) is 5.38. The lowest BCUT2D eigenvalue weighted by atomic mass is 10.1.